The van der Waals surface area contributed by atoms with Crippen LogP contribution >= 0.6 is 11.8 Å². The van der Waals surface area contributed by atoms with Gasteiger partial charge in [0, 0.05) is 41.8 Å². The number of carboxylic acids is 1. The van der Waals surface area contributed by atoms with Crippen LogP contribution in [0.4, 0.5) is 0 Å². The Morgan fingerprint density at radius 2 is 1.86 bits per heavy atom. The van der Waals surface area contributed by atoms with Crippen molar-refractivity contribution >= 4 is 46.4 Å². The van der Waals surface area contributed by atoms with E-state index < -0.39 is 41.8 Å². The summed E-state index contributed by atoms with van der Waals surface area (Å²) in [4.78, 5) is 59.7. The van der Waals surface area contributed by atoms with E-state index in [0.29, 0.717) is 17.9 Å². The molecule has 3 rings (SSSR count). The molecule has 3 unspecified atom stereocenters. The fourth-order valence-corrected chi connectivity index (χ4v) is 4.23. The second-order valence-corrected chi connectivity index (χ2v) is 9.46. The Labute approximate surface area is 217 Å². The van der Waals surface area contributed by atoms with Gasteiger partial charge in [-0.3, -0.25) is 14.4 Å². The highest BCUT2D eigenvalue weighted by atomic mass is 32.2. The Bertz CT molecular complexity index is 1210. The summed E-state index contributed by atoms with van der Waals surface area (Å²) in [5.74, 6) is -2.27. The number of rotatable bonds is 14. The summed E-state index contributed by atoms with van der Waals surface area (Å²) < 4.78 is 0. The first kappa shape index (κ1) is 27.7. The molecule has 0 spiro atoms. The van der Waals surface area contributed by atoms with Gasteiger partial charge in [-0.1, -0.05) is 18.2 Å². The summed E-state index contributed by atoms with van der Waals surface area (Å²) in [5, 5.41) is 18.1. The van der Waals surface area contributed by atoms with Crippen LogP contribution in [0.3, 0.4) is 0 Å². The number of nitrogens with one attached hydrogen (secondary N) is 5. The Morgan fingerprint density at radius 1 is 1.08 bits per heavy atom. The second-order valence-electron chi connectivity index (χ2n) is 8.47. The van der Waals surface area contributed by atoms with Crippen molar-refractivity contribution in [3.8, 4) is 0 Å². The normalized spacial score (nSPS) is 13.5. The number of aromatic amines is 2. The van der Waals surface area contributed by atoms with Gasteiger partial charge in [0.15, 0.2) is 0 Å². The first-order chi connectivity index (χ1) is 17.8. The van der Waals surface area contributed by atoms with Gasteiger partial charge in [-0.25, -0.2) is 9.78 Å². The van der Waals surface area contributed by atoms with Gasteiger partial charge in [0.05, 0.1) is 18.9 Å². The summed E-state index contributed by atoms with van der Waals surface area (Å²) >= 11 is 1.56. The van der Waals surface area contributed by atoms with Crippen LogP contribution in [0.1, 0.15) is 17.7 Å². The van der Waals surface area contributed by atoms with Crippen molar-refractivity contribution in [2.24, 2.45) is 5.73 Å². The van der Waals surface area contributed by atoms with Crippen molar-refractivity contribution in [2.75, 3.05) is 18.6 Å². The summed E-state index contributed by atoms with van der Waals surface area (Å²) in [5.41, 5.74) is 7.99. The lowest BCUT2D eigenvalue weighted by Crippen LogP contribution is -2.54. The zero-order valence-corrected chi connectivity index (χ0v) is 21.1. The highest BCUT2D eigenvalue weighted by Crippen LogP contribution is 2.19. The van der Waals surface area contributed by atoms with Gasteiger partial charge < -0.3 is 36.8 Å². The maximum atomic E-state index is 13.2. The van der Waals surface area contributed by atoms with Crippen LogP contribution in [0.5, 0.6) is 0 Å². The number of nitrogens with zero attached hydrogens (tertiary/aromatic N) is 1. The molecule has 0 aliphatic heterocycles. The Hall–Kier alpha value is -3.84. The molecular weight excluding hydrogens is 498 g/mol. The number of aromatic nitrogens is 3. The van der Waals surface area contributed by atoms with Gasteiger partial charge in [-0.05, 0) is 30.1 Å². The molecule has 0 saturated heterocycles. The van der Waals surface area contributed by atoms with Crippen LogP contribution in [-0.2, 0) is 32.0 Å². The number of benzene rings is 1. The van der Waals surface area contributed by atoms with E-state index in [2.05, 4.69) is 30.9 Å². The number of carboxylic acid groups (broad SMARTS) is 1. The van der Waals surface area contributed by atoms with Gasteiger partial charge in [0.25, 0.3) is 0 Å². The minimum absolute atomic E-state index is 0.0151. The number of thioether (sulfide) groups is 1. The molecule has 198 valence electrons. The highest BCUT2D eigenvalue weighted by Gasteiger charge is 2.28. The van der Waals surface area contributed by atoms with Crippen molar-refractivity contribution in [3.05, 3.63) is 54.2 Å². The van der Waals surface area contributed by atoms with Crippen molar-refractivity contribution in [1.29, 1.82) is 0 Å². The molecule has 37 heavy (non-hydrogen) atoms. The predicted molar refractivity (Wildman–Crippen MR) is 140 cm³/mol. The number of nitrogens with two attached hydrogens (primary N) is 1. The summed E-state index contributed by atoms with van der Waals surface area (Å²) in [6.07, 6.45) is 7.08. The molecule has 2 aromatic heterocycles. The maximum Gasteiger partial charge on any atom is 0.326 e. The van der Waals surface area contributed by atoms with Crippen LogP contribution in [0.25, 0.3) is 10.9 Å². The fraction of sp³-hybridized carbons (Fsp3) is 0.375. The number of hydrogen-bond donors (Lipinski definition) is 7. The van der Waals surface area contributed by atoms with E-state index in [0.717, 1.165) is 16.5 Å². The Kier molecular flexibility index (Phi) is 10.1. The van der Waals surface area contributed by atoms with E-state index in [1.165, 1.54) is 12.5 Å². The van der Waals surface area contributed by atoms with E-state index in [1.807, 2.05) is 30.5 Å². The molecule has 13 heteroatoms. The van der Waals surface area contributed by atoms with Crippen molar-refractivity contribution in [3.63, 3.8) is 0 Å². The Balaban J connectivity index is 1.71. The number of H-pyrrole nitrogens is 2. The molecular formula is C24H31N7O5S. The molecule has 3 aromatic rings. The third-order valence-corrected chi connectivity index (χ3v) is 6.38. The summed E-state index contributed by atoms with van der Waals surface area (Å²) in [6, 6.07) is 4.40. The quantitative estimate of drug-likeness (QED) is 0.151. The molecule has 0 radical (unpaired) electrons. The molecule has 8 N–H and O–H groups in total. The van der Waals surface area contributed by atoms with Crippen LogP contribution in [-0.4, -0.2) is 80.4 Å². The first-order valence-electron chi connectivity index (χ1n) is 11.7. The fourth-order valence-electron chi connectivity index (χ4n) is 3.74. The number of aliphatic carboxylic acids is 1. The lowest BCUT2D eigenvalue weighted by Gasteiger charge is -2.21. The molecule has 0 aliphatic carbocycles. The summed E-state index contributed by atoms with van der Waals surface area (Å²) in [6.45, 7) is -0.375. The number of amides is 3. The maximum absolute atomic E-state index is 13.2. The molecule has 0 bridgehead atoms. The zero-order chi connectivity index (χ0) is 26.8. The largest absolute Gasteiger partial charge is 0.480 e. The minimum atomic E-state index is -1.25. The van der Waals surface area contributed by atoms with E-state index in [4.69, 9.17) is 5.73 Å². The smallest absolute Gasteiger partial charge is 0.326 e. The average Bonchev–Trinajstić information content (AvgIpc) is 3.55. The monoisotopic (exact) mass is 529 g/mol. The third-order valence-electron chi connectivity index (χ3n) is 5.74. The number of carbonyl (C=O) groups excluding carboxylic acids is 3. The lowest BCUT2D eigenvalue weighted by atomic mass is 10.0. The van der Waals surface area contributed by atoms with Gasteiger partial charge in [0.1, 0.15) is 12.1 Å². The predicted octanol–water partition coefficient (Wildman–Crippen LogP) is -0.0730. The first-order valence-corrected chi connectivity index (χ1v) is 13.0. The minimum Gasteiger partial charge on any atom is -0.480 e. The number of hydrogen-bond acceptors (Lipinski definition) is 7. The molecule has 0 saturated carbocycles. The van der Waals surface area contributed by atoms with Crippen LogP contribution in [0, 0.1) is 0 Å². The molecule has 1 aromatic carbocycles. The van der Waals surface area contributed by atoms with Gasteiger partial charge in [0.2, 0.25) is 17.7 Å². The van der Waals surface area contributed by atoms with E-state index >= 15 is 0 Å². The number of para-hydroxylation sites is 1. The number of fused-ring (bicyclic) bond motifs is 1. The SMILES string of the molecule is CSCCC(N)C(=O)NCC(=O)NC(Cc1c[nH]c2ccccc12)C(=O)NC(Cc1cnc[nH]1)C(=O)O. The molecule has 0 aliphatic rings. The van der Waals surface area contributed by atoms with Gasteiger partial charge >= 0.3 is 5.97 Å². The van der Waals surface area contributed by atoms with Crippen LogP contribution < -0.4 is 21.7 Å². The van der Waals surface area contributed by atoms with E-state index in [1.54, 1.807) is 18.0 Å². The molecule has 12 nitrogen and oxygen atoms in total. The number of carbonyl (C=O) groups is 4. The Morgan fingerprint density at radius 3 is 2.57 bits per heavy atom. The van der Waals surface area contributed by atoms with Crippen LogP contribution in [0.15, 0.2) is 43.0 Å². The zero-order valence-electron chi connectivity index (χ0n) is 20.3. The van der Waals surface area contributed by atoms with E-state index in [9.17, 15) is 24.3 Å². The molecule has 3 atom stereocenters. The lowest BCUT2D eigenvalue weighted by molar-refractivity contribution is -0.142. The average molecular weight is 530 g/mol. The van der Waals surface area contributed by atoms with Crippen molar-refractivity contribution < 1.29 is 24.3 Å². The topological polar surface area (TPSA) is 195 Å². The van der Waals surface area contributed by atoms with Crippen molar-refractivity contribution in [2.45, 2.75) is 37.4 Å². The van der Waals surface area contributed by atoms with Gasteiger partial charge in [-0.2, -0.15) is 11.8 Å². The summed E-state index contributed by atoms with van der Waals surface area (Å²) in [7, 11) is 0. The molecule has 3 amide bonds. The van der Waals surface area contributed by atoms with E-state index in [-0.39, 0.29) is 19.4 Å². The standard InChI is InChI=1S/C24H31N7O5S/c1-37-7-6-17(25)22(33)28-12-21(32)30-19(8-14-10-27-18-5-3-2-4-16(14)18)23(34)31-20(24(35)36)9-15-11-26-13-29-15/h2-5,10-11,13,17,19-20,27H,6-9,12,25H2,1H3,(H,26,29)(H,28,33)(H,30,32)(H,31,34)(H,35,36). The second kappa shape index (κ2) is 13.5. The third kappa shape index (κ3) is 8.08. The van der Waals surface area contributed by atoms with Crippen LogP contribution in [0.2, 0.25) is 0 Å². The number of imidazole rings is 1. The highest BCUT2D eigenvalue weighted by molar-refractivity contribution is 7.98. The van der Waals surface area contributed by atoms with Crippen molar-refractivity contribution in [1.82, 2.24) is 30.9 Å². The van der Waals surface area contributed by atoms with Gasteiger partial charge in [-0.15, -0.1) is 0 Å². The molecule has 2 heterocycles. The molecule has 0 fully saturated rings.